The van der Waals surface area contributed by atoms with Gasteiger partial charge in [-0.05, 0) is 93.6 Å². The Balaban J connectivity index is 1.49. The lowest BCUT2D eigenvalue weighted by atomic mass is 9.93. The number of piperidine rings is 1. The Hall–Kier alpha value is -2.49. The fourth-order valence-electron chi connectivity index (χ4n) is 4.98. The molecule has 0 amide bonds. The monoisotopic (exact) mass is 476 g/mol. The molecule has 0 atom stereocenters. The SMILES string of the molecule is C=C(CCCCN1CCCCC1)N=C(C)c1cc(Cl)c(-c2cccc3ccccc23)c(F)c1C. The Morgan fingerprint density at radius 1 is 1.06 bits per heavy atom. The molecule has 1 fully saturated rings. The van der Waals surface area contributed by atoms with Gasteiger partial charge in [0.05, 0.1) is 5.02 Å². The van der Waals surface area contributed by atoms with E-state index in [1.807, 2.05) is 55.5 Å². The minimum absolute atomic E-state index is 0.291. The maximum absolute atomic E-state index is 15.7. The first kappa shape index (κ1) is 24.6. The summed E-state index contributed by atoms with van der Waals surface area (Å²) in [4.78, 5) is 7.27. The fraction of sp³-hybridized carbons (Fsp3) is 0.367. The quantitative estimate of drug-likeness (QED) is 0.235. The van der Waals surface area contributed by atoms with Crippen molar-refractivity contribution in [3.8, 4) is 11.1 Å². The van der Waals surface area contributed by atoms with Gasteiger partial charge in [0.2, 0.25) is 0 Å². The zero-order valence-corrected chi connectivity index (χ0v) is 21.1. The van der Waals surface area contributed by atoms with Crippen molar-refractivity contribution in [2.75, 3.05) is 19.6 Å². The second kappa shape index (κ2) is 11.3. The molecule has 1 saturated heterocycles. The predicted molar refractivity (Wildman–Crippen MR) is 145 cm³/mol. The molecule has 1 aliphatic rings. The van der Waals surface area contributed by atoms with Crippen LogP contribution in [-0.2, 0) is 0 Å². The van der Waals surface area contributed by atoms with Crippen LogP contribution in [0.4, 0.5) is 4.39 Å². The molecule has 178 valence electrons. The van der Waals surface area contributed by atoms with Gasteiger partial charge in [0.25, 0.3) is 0 Å². The summed E-state index contributed by atoms with van der Waals surface area (Å²) in [7, 11) is 0. The van der Waals surface area contributed by atoms with E-state index in [4.69, 9.17) is 16.6 Å². The molecule has 4 rings (SSSR count). The van der Waals surface area contributed by atoms with Crippen LogP contribution < -0.4 is 0 Å². The number of aliphatic imine (C=N–C) groups is 1. The lowest BCUT2D eigenvalue weighted by Gasteiger charge is -2.26. The molecule has 3 aromatic rings. The molecule has 0 radical (unpaired) electrons. The topological polar surface area (TPSA) is 15.6 Å². The first-order valence-corrected chi connectivity index (χ1v) is 12.8. The van der Waals surface area contributed by atoms with Gasteiger partial charge in [-0.15, -0.1) is 0 Å². The van der Waals surface area contributed by atoms with E-state index in [2.05, 4.69) is 11.5 Å². The van der Waals surface area contributed by atoms with Crippen molar-refractivity contribution in [2.45, 2.75) is 52.4 Å². The molecule has 3 aromatic carbocycles. The van der Waals surface area contributed by atoms with Crippen LogP contribution in [0.1, 0.15) is 56.6 Å². The minimum atomic E-state index is -0.291. The number of fused-ring (bicyclic) bond motifs is 1. The Labute approximate surface area is 208 Å². The summed E-state index contributed by atoms with van der Waals surface area (Å²) in [6.07, 6.45) is 7.11. The van der Waals surface area contributed by atoms with Crippen LogP contribution in [0.5, 0.6) is 0 Å². The van der Waals surface area contributed by atoms with Crippen molar-refractivity contribution < 1.29 is 4.39 Å². The molecule has 4 heteroatoms. The number of allylic oxidation sites excluding steroid dienone is 1. The molecule has 0 spiro atoms. The number of nitrogens with zero attached hydrogens (tertiary/aromatic N) is 2. The Bertz CT molecular complexity index is 1200. The third kappa shape index (κ3) is 5.59. The predicted octanol–water partition coefficient (Wildman–Crippen LogP) is 8.59. The van der Waals surface area contributed by atoms with Crippen LogP contribution >= 0.6 is 11.6 Å². The number of benzene rings is 3. The first-order chi connectivity index (χ1) is 16.5. The molecular formula is C30H34ClFN2. The van der Waals surface area contributed by atoms with E-state index < -0.39 is 0 Å². The molecule has 34 heavy (non-hydrogen) atoms. The number of likely N-dealkylation sites (tertiary alicyclic amines) is 1. The van der Waals surface area contributed by atoms with Crippen LogP contribution in [0.3, 0.4) is 0 Å². The smallest absolute Gasteiger partial charge is 0.136 e. The van der Waals surface area contributed by atoms with Crippen LogP contribution in [0.15, 0.2) is 65.8 Å². The number of rotatable bonds is 8. The molecule has 0 N–H and O–H groups in total. The first-order valence-electron chi connectivity index (χ1n) is 12.4. The highest BCUT2D eigenvalue weighted by Crippen LogP contribution is 2.38. The summed E-state index contributed by atoms with van der Waals surface area (Å²) >= 11 is 6.68. The molecule has 0 aliphatic carbocycles. The molecule has 1 heterocycles. The van der Waals surface area contributed by atoms with E-state index >= 15 is 4.39 Å². The zero-order chi connectivity index (χ0) is 24.1. The van der Waals surface area contributed by atoms with E-state index in [-0.39, 0.29) is 5.82 Å². The second-order valence-corrected chi connectivity index (χ2v) is 9.78. The zero-order valence-electron chi connectivity index (χ0n) is 20.3. The van der Waals surface area contributed by atoms with Crippen molar-refractivity contribution in [2.24, 2.45) is 4.99 Å². The fourth-order valence-corrected chi connectivity index (χ4v) is 5.28. The average Bonchev–Trinajstić information content (AvgIpc) is 2.85. The number of unbranched alkanes of at least 4 members (excludes halogenated alkanes) is 1. The third-order valence-electron chi connectivity index (χ3n) is 6.88. The molecule has 0 unspecified atom stereocenters. The Morgan fingerprint density at radius 2 is 1.79 bits per heavy atom. The number of hydrogen-bond acceptors (Lipinski definition) is 2. The second-order valence-electron chi connectivity index (χ2n) is 9.37. The molecule has 0 bridgehead atoms. The highest BCUT2D eigenvalue weighted by Gasteiger charge is 2.19. The van der Waals surface area contributed by atoms with Gasteiger partial charge in [-0.25, -0.2) is 4.39 Å². The van der Waals surface area contributed by atoms with Gasteiger partial charge in [-0.2, -0.15) is 0 Å². The average molecular weight is 477 g/mol. The largest absolute Gasteiger partial charge is 0.303 e. The van der Waals surface area contributed by atoms with Crippen molar-refractivity contribution in [1.29, 1.82) is 0 Å². The van der Waals surface area contributed by atoms with Crippen LogP contribution in [0, 0.1) is 12.7 Å². The van der Waals surface area contributed by atoms with Gasteiger partial charge >= 0.3 is 0 Å². The van der Waals surface area contributed by atoms with E-state index in [9.17, 15) is 0 Å². The normalized spacial score (nSPS) is 15.1. The maximum atomic E-state index is 15.7. The van der Waals surface area contributed by atoms with Gasteiger partial charge in [-0.1, -0.05) is 67.1 Å². The Kier molecular flexibility index (Phi) is 8.18. The van der Waals surface area contributed by atoms with Crippen molar-refractivity contribution >= 4 is 28.1 Å². The van der Waals surface area contributed by atoms with Crippen molar-refractivity contribution in [3.63, 3.8) is 0 Å². The molecule has 0 saturated carbocycles. The van der Waals surface area contributed by atoms with Gasteiger partial charge in [0, 0.05) is 22.5 Å². The Morgan fingerprint density at radius 3 is 2.59 bits per heavy atom. The van der Waals surface area contributed by atoms with E-state index in [0.29, 0.717) is 16.1 Å². The summed E-state index contributed by atoms with van der Waals surface area (Å²) in [6, 6.07) is 15.7. The third-order valence-corrected chi connectivity index (χ3v) is 7.17. The summed E-state index contributed by atoms with van der Waals surface area (Å²) in [5, 5.41) is 2.45. The molecule has 2 nitrogen and oxygen atoms in total. The number of hydrogen-bond donors (Lipinski definition) is 0. The highest BCUT2D eigenvalue weighted by atomic mass is 35.5. The van der Waals surface area contributed by atoms with Gasteiger partial charge in [-0.3, -0.25) is 4.99 Å². The summed E-state index contributed by atoms with van der Waals surface area (Å²) in [6.45, 7) is 11.5. The van der Waals surface area contributed by atoms with Gasteiger partial charge < -0.3 is 4.90 Å². The lowest BCUT2D eigenvalue weighted by Crippen LogP contribution is -2.30. The highest BCUT2D eigenvalue weighted by molar-refractivity contribution is 6.34. The summed E-state index contributed by atoms with van der Waals surface area (Å²) in [5.41, 5.74) is 4.15. The molecule has 0 aromatic heterocycles. The van der Waals surface area contributed by atoms with E-state index in [0.717, 1.165) is 59.1 Å². The molecular weight excluding hydrogens is 443 g/mol. The van der Waals surface area contributed by atoms with Crippen molar-refractivity contribution in [1.82, 2.24) is 4.90 Å². The van der Waals surface area contributed by atoms with Gasteiger partial charge in [0.15, 0.2) is 0 Å². The van der Waals surface area contributed by atoms with Crippen LogP contribution in [0.2, 0.25) is 5.02 Å². The summed E-state index contributed by atoms with van der Waals surface area (Å²) in [5.74, 6) is -0.291. The van der Waals surface area contributed by atoms with Crippen LogP contribution in [-0.4, -0.2) is 30.2 Å². The lowest BCUT2D eigenvalue weighted by molar-refractivity contribution is 0.225. The van der Waals surface area contributed by atoms with E-state index in [1.165, 1.54) is 32.4 Å². The minimum Gasteiger partial charge on any atom is -0.303 e. The van der Waals surface area contributed by atoms with E-state index in [1.54, 1.807) is 6.92 Å². The maximum Gasteiger partial charge on any atom is 0.136 e. The van der Waals surface area contributed by atoms with Crippen molar-refractivity contribution in [3.05, 3.63) is 82.8 Å². The summed E-state index contributed by atoms with van der Waals surface area (Å²) < 4.78 is 15.7. The molecule has 1 aliphatic heterocycles. The number of halogens is 2. The van der Waals surface area contributed by atoms with Crippen LogP contribution in [0.25, 0.3) is 21.9 Å². The standard InChI is InChI=1S/C30H34ClFN2/c1-21(12-7-10-19-34-17-8-4-9-18-34)33-23(3)27-20-28(31)29(30(32)22(27)2)26-16-11-14-24-13-5-6-15-25(24)26/h5-6,11,13-16,20H,1,4,7-10,12,17-19H2,2-3H3. The van der Waals surface area contributed by atoms with Gasteiger partial charge in [0.1, 0.15) is 5.82 Å².